The molecule has 0 saturated heterocycles. The van der Waals surface area contributed by atoms with Crippen molar-refractivity contribution in [3.63, 3.8) is 0 Å². The molecule has 1 fully saturated rings. The second-order valence-corrected chi connectivity index (χ2v) is 7.95. The molecule has 1 aliphatic carbocycles. The third-order valence-electron chi connectivity index (χ3n) is 4.37. The van der Waals surface area contributed by atoms with Gasteiger partial charge in [-0.2, -0.15) is 0 Å². The average molecular weight is 336 g/mol. The van der Waals surface area contributed by atoms with Crippen LogP contribution in [0.3, 0.4) is 0 Å². The van der Waals surface area contributed by atoms with Crippen LogP contribution in [0.5, 0.6) is 0 Å². The highest BCUT2D eigenvalue weighted by atomic mass is 32.2. The molecule has 1 saturated carbocycles. The molecule has 1 aromatic carbocycles. The Morgan fingerprint density at radius 3 is 2.57 bits per heavy atom. The maximum atomic E-state index is 12.1. The molecule has 0 radical (unpaired) electrons. The van der Waals surface area contributed by atoms with Crippen molar-refractivity contribution >= 4 is 16.8 Å². The first-order chi connectivity index (χ1) is 11.2. The molecule has 1 atom stereocenters. The summed E-state index contributed by atoms with van der Waals surface area (Å²) >= 11 is 0. The van der Waals surface area contributed by atoms with E-state index in [-0.39, 0.29) is 0 Å². The van der Waals surface area contributed by atoms with Crippen molar-refractivity contribution in [3.05, 3.63) is 35.9 Å². The van der Waals surface area contributed by atoms with Gasteiger partial charge in [0.1, 0.15) is 0 Å². The SMILES string of the molecule is CN=C(NCCS(=O)Cc1ccccc1)NC1CCC(C)CC1. The number of hydrogen-bond donors (Lipinski definition) is 2. The second kappa shape index (κ2) is 9.71. The van der Waals surface area contributed by atoms with E-state index in [4.69, 9.17) is 0 Å². The van der Waals surface area contributed by atoms with E-state index in [9.17, 15) is 4.21 Å². The molecule has 0 bridgehead atoms. The van der Waals surface area contributed by atoms with Gasteiger partial charge in [0.2, 0.25) is 0 Å². The van der Waals surface area contributed by atoms with Crippen LogP contribution in [-0.2, 0) is 16.6 Å². The number of benzene rings is 1. The number of hydrogen-bond acceptors (Lipinski definition) is 2. The first-order valence-corrected chi connectivity index (χ1v) is 10.0. The van der Waals surface area contributed by atoms with E-state index < -0.39 is 10.8 Å². The Morgan fingerprint density at radius 1 is 1.22 bits per heavy atom. The van der Waals surface area contributed by atoms with E-state index in [1.54, 1.807) is 7.05 Å². The fourth-order valence-electron chi connectivity index (χ4n) is 2.91. The molecule has 2 N–H and O–H groups in total. The van der Waals surface area contributed by atoms with Crippen molar-refractivity contribution in [2.24, 2.45) is 10.9 Å². The predicted octanol–water partition coefficient (Wildman–Crippen LogP) is 2.68. The number of rotatable bonds is 6. The summed E-state index contributed by atoms with van der Waals surface area (Å²) in [6, 6.07) is 10.5. The summed E-state index contributed by atoms with van der Waals surface area (Å²) in [5.74, 6) is 2.94. The lowest BCUT2D eigenvalue weighted by atomic mass is 9.87. The van der Waals surface area contributed by atoms with Gasteiger partial charge in [0.25, 0.3) is 0 Å². The van der Waals surface area contributed by atoms with Crippen LogP contribution in [0.15, 0.2) is 35.3 Å². The Balaban J connectivity index is 1.66. The summed E-state index contributed by atoms with van der Waals surface area (Å²) in [6.45, 7) is 3.01. The van der Waals surface area contributed by atoms with Gasteiger partial charge >= 0.3 is 0 Å². The molecule has 0 aromatic heterocycles. The Bertz CT molecular complexity index is 510. The minimum Gasteiger partial charge on any atom is -0.355 e. The molecule has 23 heavy (non-hydrogen) atoms. The van der Waals surface area contributed by atoms with Crippen LogP contribution in [0.1, 0.15) is 38.2 Å². The van der Waals surface area contributed by atoms with Crippen LogP contribution in [0, 0.1) is 5.92 Å². The molecule has 0 aliphatic heterocycles. The second-order valence-electron chi connectivity index (χ2n) is 6.37. The summed E-state index contributed by atoms with van der Waals surface area (Å²) in [7, 11) is 0.947. The normalized spacial score (nSPS) is 23.3. The van der Waals surface area contributed by atoms with Gasteiger partial charge < -0.3 is 10.6 Å². The van der Waals surface area contributed by atoms with Crippen LogP contribution in [0.4, 0.5) is 0 Å². The fraction of sp³-hybridized carbons (Fsp3) is 0.611. The molecule has 2 rings (SSSR count). The molecule has 1 aliphatic rings. The van der Waals surface area contributed by atoms with E-state index in [2.05, 4.69) is 22.5 Å². The van der Waals surface area contributed by atoms with Crippen molar-refractivity contribution in [1.82, 2.24) is 10.6 Å². The monoisotopic (exact) mass is 335 g/mol. The molecule has 128 valence electrons. The highest BCUT2D eigenvalue weighted by Crippen LogP contribution is 2.23. The number of nitrogens with one attached hydrogen (secondary N) is 2. The van der Waals surface area contributed by atoms with E-state index in [1.165, 1.54) is 25.7 Å². The molecular formula is C18H29N3OS. The van der Waals surface area contributed by atoms with Gasteiger partial charge in [-0.1, -0.05) is 37.3 Å². The summed E-state index contributed by atoms with van der Waals surface area (Å²) in [5.41, 5.74) is 1.13. The van der Waals surface area contributed by atoms with Gasteiger partial charge in [0, 0.05) is 41.9 Å². The maximum absolute atomic E-state index is 12.1. The molecule has 4 nitrogen and oxygen atoms in total. The van der Waals surface area contributed by atoms with Gasteiger partial charge in [-0.05, 0) is 37.2 Å². The minimum atomic E-state index is -0.846. The van der Waals surface area contributed by atoms with Crippen molar-refractivity contribution in [2.75, 3.05) is 19.3 Å². The van der Waals surface area contributed by atoms with Gasteiger partial charge in [-0.25, -0.2) is 0 Å². The van der Waals surface area contributed by atoms with Gasteiger partial charge in [0.05, 0.1) is 0 Å². The molecule has 0 amide bonds. The lowest BCUT2D eigenvalue weighted by Gasteiger charge is -2.28. The molecule has 0 heterocycles. The first-order valence-electron chi connectivity index (χ1n) is 8.53. The van der Waals surface area contributed by atoms with Gasteiger partial charge in [-0.15, -0.1) is 0 Å². The zero-order valence-corrected chi connectivity index (χ0v) is 15.1. The van der Waals surface area contributed by atoms with Crippen molar-refractivity contribution in [3.8, 4) is 0 Å². The van der Waals surface area contributed by atoms with Gasteiger partial charge in [-0.3, -0.25) is 9.20 Å². The third kappa shape index (κ3) is 6.73. The summed E-state index contributed by atoms with van der Waals surface area (Å²) < 4.78 is 12.1. The van der Waals surface area contributed by atoms with Crippen LogP contribution < -0.4 is 10.6 Å². The topological polar surface area (TPSA) is 53.5 Å². The van der Waals surface area contributed by atoms with Crippen LogP contribution in [0.25, 0.3) is 0 Å². The Labute approximate surface area is 142 Å². The van der Waals surface area contributed by atoms with E-state index >= 15 is 0 Å². The quantitative estimate of drug-likeness (QED) is 0.621. The first kappa shape index (κ1) is 18.0. The number of nitrogens with zero attached hydrogens (tertiary/aromatic N) is 1. The Morgan fingerprint density at radius 2 is 1.91 bits per heavy atom. The smallest absolute Gasteiger partial charge is 0.191 e. The largest absolute Gasteiger partial charge is 0.355 e. The molecule has 1 unspecified atom stereocenters. The summed E-state index contributed by atoms with van der Waals surface area (Å²) in [6.07, 6.45) is 5.00. The minimum absolute atomic E-state index is 0.521. The van der Waals surface area contributed by atoms with Crippen molar-refractivity contribution < 1.29 is 4.21 Å². The number of aliphatic imine (C=N–C) groups is 1. The van der Waals surface area contributed by atoms with Crippen LogP contribution >= 0.6 is 0 Å². The van der Waals surface area contributed by atoms with Crippen LogP contribution in [-0.4, -0.2) is 35.6 Å². The molecular weight excluding hydrogens is 306 g/mol. The number of guanidine groups is 1. The lowest BCUT2D eigenvalue weighted by Crippen LogP contribution is -2.45. The zero-order valence-electron chi connectivity index (χ0n) is 14.3. The predicted molar refractivity (Wildman–Crippen MR) is 99.1 cm³/mol. The van der Waals surface area contributed by atoms with Gasteiger partial charge in [0.15, 0.2) is 5.96 Å². The molecule has 1 aromatic rings. The fourth-order valence-corrected chi connectivity index (χ4v) is 3.95. The molecule has 5 heteroatoms. The molecule has 0 spiro atoms. The third-order valence-corrected chi connectivity index (χ3v) is 5.69. The van der Waals surface area contributed by atoms with E-state index in [1.807, 2.05) is 30.3 Å². The highest BCUT2D eigenvalue weighted by molar-refractivity contribution is 7.84. The summed E-state index contributed by atoms with van der Waals surface area (Å²) in [5, 5.41) is 6.78. The standard InChI is InChI=1S/C18H29N3OS/c1-15-8-10-17(11-9-15)21-18(19-2)20-12-13-23(22)14-16-6-4-3-5-7-16/h3-7,15,17H,8-14H2,1-2H3,(H2,19,20,21). The lowest BCUT2D eigenvalue weighted by molar-refractivity contribution is 0.329. The van der Waals surface area contributed by atoms with Crippen LogP contribution in [0.2, 0.25) is 0 Å². The summed E-state index contributed by atoms with van der Waals surface area (Å²) in [4.78, 5) is 4.28. The maximum Gasteiger partial charge on any atom is 0.191 e. The Hall–Kier alpha value is -1.36. The van der Waals surface area contributed by atoms with Crippen molar-refractivity contribution in [1.29, 1.82) is 0 Å². The average Bonchev–Trinajstić information content (AvgIpc) is 2.56. The Kier molecular flexibility index (Phi) is 7.59. The van der Waals surface area contributed by atoms with E-state index in [0.29, 0.717) is 24.1 Å². The zero-order chi connectivity index (χ0) is 16.5. The highest BCUT2D eigenvalue weighted by Gasteiger charge is 2.18. The van der Waals surface area contributed by atoms with E-state index in [0.717, 1.165) is 17.4 Å². The van der Waals surface area contributed by atoms with Crippen molar-refractivity contribution in [2.45, 2.75) is 44.4 Å².